The van der Waals surface area contributed by atoms with E-state index in [0.29, 0.717) is 12.9 Å². The van der Waals surface area contributed by atoms with Gasteiger partial charge in [-0.3, -0.25) is 4.79 Å². The van der Waals surface area contributed by atoms with E-state index in [1.807, 2.05) is 6.07 Å². The van der Waals surface area contributed by atoms with Crippen molar-refractivity contribution in [2.24, 2.45) is 0 Å². The molecule has 0 spiro atoms. The highest BCUT2D eigenvalue weighted by Crippen LogP contribution is 2.39. The molecule has 0 aromatic heterocycles. The second-order valence-electron chi connectivity index (χ2n) is 7.79. The summed E-state index contributed by atoms with van der Waals surface area (Å²) in [6.45, 7) is 1.05. The van der Waals surface area contributed by atoms with Crippen molar-refractivity contribution in [3.05, 3.63) is 29.6 Å². The second-order valence-corrected chi connectivity index (χ2v) is 9.57. The molecule has 2 N–H and O–H groups in total. The predicted octanol–water partition coefficient (Wildman–Crippen LogP) is 1.73. The van der Waals surface area contributed by atoms with Crippen LogP contribution < -0.4 is 14.8 Å². The minimum atomic E-state index is -3.25. The number of nitrogens with one attached hydrogen (secondary N) is 2. The van der Waals surface area contributed by atoms with Crippen molar-refractivity contribution in [3.63, 3.8) is 0 Å². The lowest BCUT2D eigenvalue weighted by molar-refractivity contribution is -0.109. The molecule has 1 aromatic rings. The van der Waals surface area contributed by atoms with Gasteiger partial charge in [0.1, 0.15) is 6.61 Å². The number of ether oxygens (including phenoxy) is 2. The summed E-state index contributed by atoms with van der Waals surface area (Å²) in [5.41, 5.74) is 0.806. The highest BCUT2D eigenvalue weighted by Gasteiger charge is 2.31. The molecular formula is C20H29FN2O5S. The molecule has 9 heteroatoms. The molecule has 0 radical (unpaired) electrons. The molecule has 2 atom stereocenters. The smallest absolute Gasteiger partial charge is 0.209 e. The van der Waals surface area contributed by atoms with Gasteiger partial charge < -0.3 is 14.8 Å². The molecule has 1 aliphatic carbocycles. The van der Waals surface area contributed by atoms with E-state index in [-0.39, 0.29) is 36.5 Å². The molecule has 1 saturated carbocycles. The average Bonchev–Trinajstić information content (AvgIpc) is 3.11. The Morgan fingerprint density at radius 1 is 1.24 bits per heavy atom. The molecule has 0 amide bonds. The predicted molar refractivity (Wildman–Crippen MR) is 107 cm³/mol. The van der Waals surface area contributed by atoms with E-state index in [9.17, 15) is 17.6 Å². The zero-order valence-electron chi connectivity index (χ0n) is 16.6. The summed E-state index contributed by atoms with van der Waals surface area (Å²) >= 11 is 0. The number of sulfonamides is 1. The second kappa shape index (κ2) is 9.97. The summed E-state index contributed by atoms with van der Waals surface area (Å²) in [7, 11) is -3.25. The van der Waals surface area contributed by atoms with Gasteiger partial charge in [0.15, 0.2) is 17.9 Å². The normalized spacial score (nSPS) is 27.7. The van der Waals surface area contributed by atoms with Crippen molar-refractivity contribution >= 4 is 16.3 Å². The Kier molecular flexibility index (Phi) is 7.61. The van der Waals surface area contributed by atoms with Crippen LogP contribution in [0.25, 0.3) is 0 Å². The van der Waals surface area contributed by atoms with E-state index < -0.39 is 15.8 Å². The summed E-state index contributed by atoms with van der Waals surface area (Å²) in [6.07, 6.45) is 5.99. The van der Waals surface area contributed by atoms with Gasteiger partial charge in [-0.2, -0.15) is 0 Å². The van der Waals surface area contributed by atoms with Crippen LogP contribution in [-0.4, -0.2) is 58.9 Å². The number of aldehydes is 1. The van der Waals surface area contributed by atoms with E-state index in [1.54, 1.807) is 6.07 Å². The molecule has 162 valence electrons. The maximum absolute atomic E-state index is 14.1. The Morgan fingerprint density at radius 3 is 2.69 bits per heavy atom. The highest BCUT2D eigenvalue weighted by molar-refractivity contribution is 7.88. The third-order valence-corrected chi connectivity index (χ3v) is 6.36. The lowest BCUT2D eigenvalue weighted by Crippen LogP contribution is -2.46. The van der Waals surface area contributed by atoms with Gasteiger partial charge in [-0.1, -0.05) is 12.1 Å². The van der Waals surface area contributed by atoms with E-state index in [0.717, 1.165) is 44.2 Å². The lowest BCUT2D eigenvalue weighted by atomic mass is 9.82. The maximum atomic E-state index is 14.1. The van der Waals surface area contributed by atoms with Crippen LogP contribution in [-0.2, 0) is 19.6 Å². The van der Waals surface area contributed by atoms with Gasteiger partial charge in [-0.25, -0.2) is 17.5 Å². The topological polar surface area (TPSA) is 93.7 Å². The fourth-order valence-electron chi connectivity index (χ4n) is 4.26. The Bertz CT molecular complexity index is 796. The summed E-state index contributed by atoms with van der Waals surface area (Å²) < 4.78 is 51.2. The molecule has 0 unspecified atom stereocenters. The number of halogens is 1. The van der Waals surface area contributed by atoms with Gasteiger partial charge in [-0.15, -0.1) is 0 Å². The molecule has 1 aliphatic heterocycles. The van der Waals surface area contributed by atoms with E-state index in [2.05, 4.69) is 10.0 Å². The molecule has 2 fully saturated rings. The molecular weight excluding hydrogens is 399 g/mol. The number of benzene rings is 1. The van der Waals surface area contributed by atoms with Gasteiger partial charge in [-0.05, 0) is 50.6 Å². The average molecular weight is 429 g/mol. The van der Waals surface area contributed by atoms with Gasteiger partial charge in [0.25, 0.3) is 0 Å². The van der Waals surface area contributed by atoms with Crippen molar-refractivity contribution in [2.75, 3.05) is 26.0 Å². The van der Waals surface area contributed by atoms with Crippen LogP contribution in [0.5, 0.6) is 5.75 Å². The van der Waals surface area contributed by atoms with Crippen molar-refractivity contribution < 1.29 is 27.1 Å². The zero-order chi connectivity index (χ0) is 20.9. The van der Waals surface area contributed by atoms with Crippen molar-refractivity contribution in [1.82, 2.24) is 10.0 Å². The Morgan fingerprint density at radius 2 is 2.00 bits per heavy atom. The molecule has 3 rings (SSSR count). The minimum absolute atomic E-state index is 0.0333. The summed E-state index contributed by atoms with van der Waals surface area (Å²) in [5, 5.41) is 3.30. The number of para-hydroxylation sites is 1. The first-order valence-electron chi connectivity index (χ1n) is 10.0. The van der Waals surface area contributed by atoms with Crippen molar-refractivity contribution in [1.29, 1.82) is 0 Å². The first-order chi connectivity index (χ1) is 13.9. The maximum Gasteiger partial charge on any atom is 0.209 e. The van der Waals surface area contributed by atoms with Crippen LogP contribution >= 0.6 is 0 Å². The van der Waals surface area contributed by atoms with Crippen molar-refractivity contribution in [3.8, 4) is 5.75 Å². The third kappa shape index (κ3) is 6.21. The van der Waals surface area contributed by atoms with Crippen molar-refractivity contribution in [2.45, 2.75) is 56.2 Å². The van der Waals surface area contributed by atoms with Gasteiger partial charge in [0.05, 0.1) is 19.0 Å². The Hall–Kier alpha value is -1.55. The molecule has 2 aliphatic rings. The number of carbonyl (C=O) groups is 1. The van der Waals surface area contributed by atoms with E-state index in [4.69, 9.17) is 9.47 Å². The standard InChI is InChI=1S/C20H29FN2O5S/c1-29(25,26)23-18-9-10-22-19(18)13-28-15-7-5-14(6-8-15)16-3-2-4-17(21)20(16)27-12-11-24/h2-4,11,14-15,18-19,22-23H,5-10,12-13H2,1H3/t14?,15?,18-,19-/m0/s1. The first-order valence-corrected chi connectivity index (χ1v) is 11.9. The van der Waals surface area contributed by atoms with E-state index >= 15 is 0 Å². The van der Waals surface area contributed by atoms with E-state index in [1.165, 1.54) is 12.3 Å². The molecule has 0 bridgehead atoms. The lowest BCUT2D eigenvalue weighted by Gasteiger charge is -2.31. The summed E-state index contributed by atoms with van der Waals surface area (Å²) in [4.78, 5) is 10.6. The van der Waals surface area contributed by atoms with Crippen LogP contribution in [0.4, 0.5) is 4.39 Å². The summed E-state index contributed by atoms with van der Waals surface area (Å²) in [6, 6.07) is 4.69. The van der Waals surface area contributed by atoms with Gasteiger partial charge in [0, 0.05) is 17.6 Å². The van der Waals surface area contributed by atoms with Crippen LogP contribution in [0.3, 0.4) is 0 Å². The zero-order valence-corrected chi connectivity index (χ0v) is 17.4. The highest BCUT2D eigenvalue weighted by atomic mass is 32.2. The Labute approximate surface area is 171 Å². The first kappa shape index (κ1) is 22.1. The molecule has 1 aromatic carbocycles. The van der Waals surface area contributed by atoms with Crippen LogP contribution in [0.15, 0.2) is 18.2 Å². The Balaban J connectivity index is 1.51. The third-order valence-electron chi connectivity index (χ3n) is 5.63. The van der Waals surface area contributed by atoms with Gasteiger partial charge >= 0.3 is 0 Å². The minimum Gasteiger partial charge on any atom is -0.483 e. The van der Waals surface area contributed by atoms with Crippen LogP contribution in [0, 0.1) is 5.82 Å². The van der Waals surface area contributed by atoms with Crippen LogP contribution in [0.1, 0.15) is 43.6 Å². The number of hydrogen-bond acceptors (Lipinski definition) is 6. The molecule has 1 saturated heterocycles. The summed E-state index contributed by atoms with van der Waals surface area (Å²) in [5.74, 6) is -0.107. The molecule has 1 heterocycles. The van der Waals surface area contributed by atoms with Gasteiger partial charge in [0.2, 0.25) is 10.0 Å². The van der Waals surface area contributed by atoms with Crippen LogP contribution in [0.2, 0.25) is 0 Å². The molecule has 29 heavy (non-hydrogen) atoms. The largest absolute Gasteiger partial charge is 0.483 e. The monoisotopic (exact) mass is 428 g/mol. The fraction of sp³-hybridized carbons (Fsp3) is 0.650. The molecule has 7 nitrogen and oxygen atoms in total. The quantitative estimate of drug-likeness (QED) is 0.582. The number of hydrogen-bond donors (Lipinski definition) is 2. The number of carbonyl (C=O) groups excluding carboxylic acids is 1. The fourth-order valence-corrected chi connectivity index (χ4v) is 5.09. The number of rotatable bonds is 9. The SMILES string of the molecule is CS(=O)(=O)N[C@H]1CCN[C@H]1COC1CCC(c2cccc(F)c2OCC=O)CC1.